The van der Waals surface area contributed by atoms with Crippen molar-refractivity contribution in [3.05, 3.63) is 0 Å². The van der Waals surface area contributed by atoms with Gasteiger partial charge in [-0.3, -0.25) is 0 Å². The van der Waals surface area contributed by atoms with Gasteiger partial charge in [0, 0.05) is 6.61 Å². The van der Waals surface area contributed by atoms with Gasteiger partial charge in [0.25, 0.3) is 0 Å². The molecule has 0 aromatic heterocycles. The third kappa shape index (κ3) is 4.41. The summed E-state index contributed by atoms with van der Waals surface area (Å²) in [6.07, 6.45) is 17.4. The van der Waals surface area contributed by atoms with Gasteiger partial charge in [0.2, 0.25) is 0 Å². The number of ether oxygens (including phenoxy) is 1. The smallest absolute Gasteiger partial charge is 0.0692 e. The second kappa shape index (κ2) is 8.90. The average molecular weight is 346 g/mol. The van der Waals surface area contributed by atoms with Crippen molar-refractivity contribution in [3.8, 4) is 6.07 Å². The zero-order chi connectivity index (χ0) is 17.7. The Morgan fingerprint density at radius 2 is 1.44 bits per heavy atom. The minimum Gasteiger partial charge on any atom is -0.379 e. The summed E-state index contributed by atoms with van der Waals surface area (Å²) in [5.41, 5.74) is -0.00565. The van der Waals surface area contributed by atoms with E-state index in [1.807, 2.05) is 0 Å². The molecule has 3 aliphatic carbocycles. The molecule has 0 spiro atoms. The van der Waals surface area contributed by atoms with Gasteiger partial charge in [-0.15, -0.1) is 0 Å². The maximum absolute atomic E-state index is 10.0. The molecular weight excluding hydrogens is 306 g/mol. The van der Waals surface area contributed by atoms with Gasteiger partial charge in [-0.2, -0.15) is 5.26 Å². The monoisotopic (exact) mass is 345 g/mol. The highest BCUT2D eigenvalue weighted by Crippen LogP contribution is 2.52. The van der Waals surface area contributed by atoms with E-state index >= 15 is 0 Å². The minimum atomic E-state index is -0.00565. The van der Waals surface area contributed by atoms with Gasteiger partial charge in [-0.25, -0.2) is 0 Å². The molecule has 0 bridgehead atoms. The lowest BCUT2D eigenvalue weighted by Gasteiger charge is -2.45. The van der Waals surface area contributed by atoms with E-state index in [0.29, 0.717) is 12.0 Å². The summed E-state index contributed by atoms with van der Waals surface area (Å²) in [6.45, 7) is 5.28. The molecule has 2 nitrogen and oxygen atoms in total. The normalized spacial score (nSPS) is 42.7. The lowest BCUT2D eigenvalue weighted by Crippen LogP contribution is -2.38. The molecule has 3 saturated carbocycles. The summed E-state index contributed by atoms with van der Waals surface area (Å²) in [5, 5.41) is 10.0. The van der Waals surface area contributed by atoms with Gasteiger partial charge in [0.1, 0.15) is 0 Å². The summed E-state index contributed by atoms with van der Waals surface area (Å²) in [4.78, 5) is 0. The van der Waals surface area contributed by atoms with Crippen LogP contribution in [0.15, 0.2) is 0 Å². The van der Waals surface area contributed by atoms with Crippen LogP contribution in [-0.2, 0) is 4.74 Å². The second-order valence-electron chi connectivity index (χ2n) is 9.22. The standard InChI is InChI=1S/C23H39NO/c1-3-18-5-7-19(8-6-18)20-13-15-23(17-24,16-14-20)21-9-11-22(12-10-21)25-4-2/h18-22H,3-16H2,1-2H3. The first kappa shape index (κ1) is 19.2. The molecule has 0 aromatic carbocycles. The number of hydrogen-bond donors (Lipinski definition) is 0. The zero-order valence-corrected chi connectivity index (χ0v) is 16.6. The summed E-state index contributed by atoms with van der Waals surface area (Å²) >= 11 is 0. The Morgan fingerprint density at radius 1 is 0.840 bits per heavy atom. The second-order valence-corrected chi connectivity index (χ2v) is 9.22. The van der Waals surface area contributed by atoms with Crippen LogP contribution in [0.25, 0.3) is 0 Å². The molecule has 0 unspecified atom stereocenters. The maximum Gasteiger partial charge on any atom is 0.0692 e. The van der Waals surface area contributed by atoms with Gasteiger partial charge in [0.15, 0.2) is 0 Å². The summed E-state index contributed by atoms with van der Waals surface area (Å²) in [6, 6.07) is 2.83. The SMILES string of the molecule is CCOC1CCC(C2(C#N)CCC(C3CCC(CC)CC3)CC2)CC1. The number of rotatable bonds is 5. The Labute approximate surface area is 155 Å². The van der Waals surface area contributed by atoms with E-state index in [-0.39, 0.29) is 5.41 Å². The number of nitrogens with zero attached hydrogens (tertiary/aromatic N) is 1. The molecule has 2 heteroatoms. The third-order valence-electron chi connectivity index (χ3n) is 8.14. The van der Waals surface area contributed by atoms with Gasteiger partial charge in [-0.1, -0.05) is 26.2 Å². The van der Waals surface area contributed by atoms with E-state index in [1.165, 1.54) is 83.5 Å². The van der Waals surface area contributed by atoms with E-state index in [2.05, 4.69) is 19.9 Å². The van der Waals surface area contributed by atoms with Crippen LogP contribution in [0.5, 0.6) is 0 Å². The number of nitriles is 1. The topological polar surface area (TPSA) is 33.0 Å². The van der Waals surface area contributed by atoms with Crippen LogP contribution >= 0.6 is 0 Å². The van der Waals surface area contributed by atoms with E-state index in [9.17, 15) is 5.26 Å². The average Bonchev–Trinajstić information content (AvgIpc) is 2.69. The predicted octanol–water partition coefficient (Wildman–Crippen LogP) is 6.50. The van der Waals surface area contributed by atoms with Crippen molar-refractivity contribution in [2.45, 2.75) is 103 Å². The summed E-state index contributed by atoms with van der Waals surface area (Å²) in [7, 11) is 0. The lowest BCUT2D eigenvalue weighted by molar-refractivity contribution is -0.00229. The van der Waals surface area contributed by atoms with E-state index in [4.69, 9.17) is 4.74 Å². The van der Waals surface area contributed by atoms with Crippen molar-refractivity contribution in [2.75, 3.05) is 6.61 Å². The predicted molar refractivity (Wildman–Crippen MR) is 103 cm³/mol. The Bertz CT molecular complexity index is 429. The molecule has 0 atom stereocenters. The fraction of sp³-hybridized carbons (Fsp3) is 0.957. The highest BCUT2D eigenvalue weighted by atomic mass is 16.5. The van der Waals surface area contributed by atoms with Crippen molar-refractivity contribution in [2.24, 2.45) is 29.1 Å². The van der Waals surface area contributed by atoms with Crippen LogP contribution in [0, 0.1) is 40.4 Å². The Hall–Kier alpha value is -0.550. The molecule has 0 saturated heterocycles. The molecule has 0 aliphatic heterocycles. The molecule has 0 N–H and O–H groups in total. The van der Waals surface area contributed by atoms with E-state index in [1.54, 1.807) is 0 Å². The Kier molecular flexibility index (Phi) is 6.84. The van der Waals surface area contributed by atoms with Crippen molar-refractivity contribution >= 4 is 0 Å². The largest absolute Gasteiger partial charge is 0.379 e. The fourth-order valence-corrected chi connectivity index (χ4v) is 6.32. The molecule has 25 heavy (non-hydrogen) atoms. The zero-order valence-electron chi connectivity index (χ0n) is 16.6. The molecule has 0 radical (unpaired) electrons. The van der Waals surface area contributed by atoms with Crippen molar-refractivity contribution < 1.29 is 4.74 Å². The Balaban J connectivity index is 1.50. The van der Waals surface area contributed by atoms with Crippen molar-refractivity contribution in [3.63, 3.8) is 0 Å². The van der Waals surface area contributed by atoms with Crippen LogP contribution in [-0.4, -0.2) is 12.7 Å². The van der Waals surface area contributed by atoms with Gasteiger partial charge in [-0.05, 0) is 94.8 Å². The highest BCUT2D eigenvalue weighted by molar-refractivity contribution is 5.06. The van der Waals surface area contributed by atoms with Crippen LogP contribution in [0.4, 0.5) is 0 Å². The summed E-state index contributed by atoms with van der Waals surface area (Å²) in [5.74, 6) is 3.51. The molecule has 3 aliphatic rings. The summed E-state index contributed by atoms with van der Waals surface area (Å²) < 4.78 is 5.82. The van der Waals surface area contributed by atoms with E-state index in [0.717, 1.165) is 24.4 Å². The molecular formula is C23H39NO. The maximum atomic E-state index is 10.0. The van der Waals surface area contributed by atoms with Gasteiger partial charge >= 0.3 is 0 Å². The van der Waals surface area contributed by atoms with Crippen LogP contribution in [0.1, 0.15) is 97.3 Å². The molecule has 0 aromatic rings. The van der Waals surface area contributed by atoms with Crippen LogP contribution in [0.3, 0.4) is 0 Å². The van der Waals surface area contributed by atoms with Gasteiger partial charge in [0.05, 0.1) is 17.6 Å². The minimum absolute atomic E-state index is 0.00565. The first-order valence-corrected chi connectivity index (χ1v) is 11.2. The first-order chi connectivity index (χ1) is 12.2. The quantitative estimate of drug-likeness (QED) is 0.570. The van der Waals surface area contributed by atoms with Gasteiger partial charge < -0.3 is 4.74 Å². The van der Waals surface area contributed by atoms with Crippen molar-refractivity contribution in [1.82, 2.24) is 0 Å². The number of hydrogen-bond acceptors (Lipinski definition) is 2. The van der Waals surface area contributed by atoms with Crippen LogP contribution < -0.4 is 0 Å². The molecule has 142 valence electrons. The van der Waals surface area contributed by atoms with Crippen molar-refractivity contribution in [1.29, 1.82) is 5.26 Å². The third-order valence-corrected chi connectivity index (χ3v) is 8.14. The fourth-order valence-electron chi connectivity index (χ4n) is 6.32. The molecule has 0 amide bonds. The van der Waals surface area contributed by atoms with Crippen LogP contribution in [0.2, 0.25) is 0 Å². The first-order valence-electron chi connectivity index (χ1n) is 11.2. The highest BCUT2D eigenvalue weighted by Gasteiger charge is 2.44. The Morgan fingerprint density at radius 3 is 1.96 bits per heavy atom. The van der Waals surface area contributed by atoms with E-state index < -0.39 is 0 Å². The molecule has 0 heterocycles. The molecule has 3 fully saturated rings. The molecule has 3 rings (SSSR count). The lowest BCUT2D eigenvalue weighted by atomic mass is 9.58.